The molecule has 0 aliphatic heterocycles. The number of rotatable bonds is 3. The Bertz CT molecular complexity index is 781. The van der Waals surface area contributed by atoms with E-state index in [4.69, 9.17) is 15.6 Å². The van der Waals surface area contributed by atoms with Crippen molar-refractivity contribution in [2.24, 2.45) is 0 Å². The molecule has 0 radical (unpaired) electrons. The Balaban J connectivity index is 0.00000288. The lowest BCUT2D eigenvalue weighted by Gasteiger charge is -2.19. The number of nitrogens with zero attached hydrogens (tertiary/aromatic N) is 1. The highest BCUT2D eigenvalue weighted by Crippen LogP contribution is 2.32. The van der Waals surface area contributed by atoms with Gasteiger partial charge in [0.15, 0.2) is 0 Å². The number of aromatic nitrogens is 1. The number of carbonyl (C=O) groups excluding carboxylic acids is 1. The Morgan fingerprint density at radius 1 is 1.29 bits per heavy atom. The average molecular weight is 371 g/mol. The standard InChI is InChI=1S/C16H18N2O4S.ClH/c1-8-12(14(19)20)23-13(18-8)10-6-5-9(7-11(10)17)15(21)22-16(2,3)4;/h5-7H,17H2,1-4H3,(H,19,20);1H. The molecule has 130 valence electrons. The van der Waals surface area contributed by atoms with E-state index in [0.717, 1.165) is 11.3 Å². The Kier molecular flexibility index (Phi) is 5.97. The van der Waals surface area contributed by atoms with E-state index in [1.165, 1.54) is 6.07 Å². The molecule has 0 aliphatic carbocycles. The van der Waals surface area contributed by atoms with Crippen molar-refractivity contribution >= 4 is 41.4 Å². The van der Waals surface area contributed by atoms with Gasteiger partial charge in [0.05, 0.1) is 11.3 Å². The van der Waals surface area contributed by atoms with E-state index in [1.807, 2.05) is 0 Å². The molecule has 24 heavy (non-hydrogen) atoms. The van der Waals surface area contributed by atoms with Crippen LogP contribution in [0.25, 0.3) is 10.6 Å². The summed E-state index contributed by atoms with van der Waals surface area (Å²) in [6.45, 7) is 6.99. The molecule has 1 aromatic carbocycles. The SMILES string of the molecule is Cc1nc(-c2ccc(C(=O)OC(C)(C)C)cc2N)sc1C(=O)O.Cl. The fraction of sp³-hybridized carbons (Fsp3) is 0.312. The molecule has 1 heterocycles. The monoisotopic (exact) mass is 370 g/mol. The van der Waals surface area contributed by atoms with Crippen molar-refractivity contribution in [2.45, 2.75) is 33.3 Å². The predicted octanol–water partition coefficient (Wildman–Crippen LogP) is 3.78. The number of aryl methyl sites for hydroxylation is 1. The highest BCUT2D eigenvalue weighted by atomic mass is 35.5. The zero-order chi connectivity index (χ0) is 17.4. The maximum Gasteiger partial charge on any atom is 0.347 e. The molecule has 0 aliphatic rings. The van der Waals surface area contributed by atoms with Crippen LogP contribution in [0.1, 0.15) is 46.5 Å². The van der Waals surface area contributed by atoms with Gasteiger partial charge in [0, 0.05) is 11.3 Å². The molecule has 1 aromatic heterocycles. The van der Waals surface area contributed by atoms with E-state index in [1.54, 1.807) is 39.8 Å². The van der Waals surface area contributed by atoms with Gasteiger partial charge in [-0.05, 0) is 45.9 Å². The Morgan fingerprint density at radius 3 is 2.38 bits per heavy atom. The van der Waals surface area contributed by atoms with Crippen LogP contribution in [0.4, 0.5) is 5.69 Å². The number of hydrogen-bond acceptors (Lipinski definition) is 6. The fourth-order valence-electron chi connectivity index (χ4n) is 1.93. The van der Waals surface area contributed by atoms with Crippen molar-refractivity contribution in [3.8, 4) is 10.6 Å². The number of hydrogen-bond donors (Lipinski definition) is 2. The molecule has 8 heteroatoms. The van der Waals surface area contributed by atoms with Gasteiger partial charge in [-0.1, -0.05) is 0 Å². The van der Waals surface area contributed by atoms with Gasteiger partial charge in [-0.25, -0.2) is 14.6 Å². The molecule has 2 rings (SSSR count). The minimum Gasteiger partial charge on any atom is -0.477 e. The minimum absolute atomic E-state index is 0. The van der Waals surface area contributed by atoms with Crippen LogP contribution in [0.15, 0.2) is 18.2 Å². The van der Waals surface area contributed by atoms with E-state index in [0.29, 0.717) is 27.5 Å². The van der Waals surface area contributed by atoms with Crippen molar-refractivity contribution in [3.63, 3.8) is 0 Å². The molecule has 0 bridgehead atoms. The zero-order valence-electron chi connectivity index (χ0n) is 13.7. The first kappa shape index (κ1) is 19.9. The second-order valence-corrected chi connectivity index (χ2v) is 7.04. The largest absolute Gasteiger partial charge is 0.477 e. The number of anilines is 1. The maximum atomic E-state index is 12.0. The molecule has 6 nitrogen and oxygen atoms in total. The van der Waals surface area contributed by atoms with Crippen LogP contribution in [-0.4, -0.2) is 27.6 Å². The molecule has 0 fully saturated rings. The van der Waals surface area contributed by atoms with Crippen LogP contribution in [0.3, 0.4) is 0 Å². The number of esters is 1. The summed E-state index contributed by atoms with van der Waals surface area (Å²) in [4.78, 5) is 27.6. The normalized spacial score (nSPS) is 10.8. The molecular weight excluding hydrogens is 352 g/mol. The van der Waals surface area contributed by atoms with Crippen LogP contribution in [0, 0.1) is 6.92 Å². The molecule has 0 atom stereocenters. The summed E-state index contributed by atoms with van der Waals surface area (Å²) in [5.41, 5.74) is 7.13. The molecule has 0 amide bonds. The van der Waals surface area contributed by atoms with Gasteiger partial charge in [-0.15, -0.1) is 23.7 Å². The number of carboxylic acids is 1. The van der Waals surface area contributed by atoms with E-state index in [2.05, 4.69) is 4.98 Å². The molecule has 0 saturated heterocycles. The Hall–Kier alpha value is -2.12. The second-order valence-electron chi connectivity index (χ2n) is 6.04. The van der Waals surface area contributed by atoms with Crippen LogP contribution < -0.4 is 5.73 Å². The third-order valence-corrected chi connectivity index (χ3v) is 4.09. The van der Waals surface area contributed by atoms with Gasteiger partial charge in [-0.3, -0.25) is 0 Å². The fourth-order valence-corrected chi connectivity index (χ4v) is 2.88. The molecular formula is C16H19ClN2O4S. The lowest BCUT2D eigenvalue weighted by molar-refractivity contribution is 0.00694. The van der Waals surface area contributed by atoms with Crippen LogP contribution in [0.5, 0.6) is 0 Å². The molecule has 3 N–H and O–H groups in total. The summed E-state index contributed by atoms with van der Waals surface area (Å²) in [5, 5.41) is 9.61. The van der Waals surface area contributed by atoms with Crippen molar-refractivity contribution in [3.05, 3.63) is 34.3 Å². The Labute approximate surface area is 150 Å². The van der Waals surface area contributed by atoms with Gasteiger partial charge in [0.1, 0.15) is 15.5 Å². The van der Waals surface area contributed by atoms with Gasteiger partial charge in [-0.2, -0.15) is 0 Å². The van der Waals surface area contributed by atoms with Crippen molar-refractivity contribution in [1.29, 1.82) is 0 Å². The summed E-state index contributed by atoms with van der Waals surface area (Å²) in [7, 11) is 0. The number of nitrogen functional groups attached to an aromatic ring is 1. The number of carbonyl (C=O) groups is 2. The smallest absolute Gasteiger partial charge is 0.347 e. The van der Waals surface area contributed by atoms with Gasteiger partial charge < -0.3 is 15.6 Å². The first-order valence-corrected chi connectivity index (χ1v) is 7.74. The summed E-state index contributed by atoms with van der Waals surface area (Å²) < 4.78 is 5.29. The highest BCUT2D eigenvalue weighted by molar-refractivity contribution is 7.17. The number of nitrogens with two attached hydrogens (primary N) is 1. The molecule has 0 saturated carbocycles. The average Bonchev–Trinajstić information content (AvgIpc) is 2.78. The quantitative estimate of drug-likeness (QED) is 0.629. The van der Waals surface area contributed by atoms with Crippen molar-refractivity contribution in [2.75, 3.05) is 5.73 Å². The van der Waals surface area contributed by atoms with E-state index < -0.39 is 17.5 Å². The van der Waals surface area contributed by atoms with Crippen LogP contribution in [-0.2, 0) is 4.74 Å². The summed E-state index contributed by atoms with van der Waals surface area (Å²) >= 11 is 1.05. The number of ether oxygens (including phenoxy) is 1. The summed E-state index contributed by atoms with van der Waals surface area (Å²) in [5.74, 6) is -1.48. The van der Waals surface area contributed by atoms with E-state index in [9.17, 15) is 9.59 Å². The number of aromatic carboxylic acids is 1. The first-order valence-electron chi connectivity index (χ1n) is 6.92. The van der Waals surface area contributed by atoms with Crippen molar-refractivity contribution in [1.82, 2.24) is 4.98 Å². The molecule has 2 aromatic rings. The van der Waals surface area contributed by atoms with Crippen molar-refractivity contribution < 1.29 is 19.4 Å². The zero-order valence-corrected chi connectivity index (χ0v) is 15.4. The summed E-state index contributed by atoms with van der Waals surface area (Å²) in [6.07, 6.45) is 0. The maximum absolute atomic E-state index is 12.0. The van der Waals surface area contributed by atoms with E-state index in [-0.39, 0.29) is 17.3 Å². The highest BCUT2D eigenvalue weighted by Gasteiger charge is 2.20. The number of halogens is 1. The minimum atomic E-state index is -1.02. The van der Waals surface area contributed by atoms with E-state index >= 15 is 0 Å². The van der Waals surface area contributed by atoms with Gasteiger partial charge >= 0.3 is 11.9 Å². The number of benzene rings is 1. The van der Waals surface area contributed by atoms with Crippen LogP contribution in [0.2, 0.25) is 0 Å². The molecule has 0 spiro atoms. The topological polar surface area (TPSA) is 103 Å². The molecule has 0 unspecified atom stereocenters. The summed E-state index contributed by atoms with van der Waals surface area (Å²) in [6, 6.07) is 4.76. The third-order valence-electron chi connectivity index (χ3n) is 2.91. The number of carboxylic acid groups (broad SMARTS) is 1. The second kappa shape index (κ2) is 7.19. The predicted molar refractivity (Wildman–Crippen MR) is 96.1 cm³/mol. The van der Waals surface area contributed by atoms with Gasteiger partial charge in [0.2, 0.25) is 0 Å². The number of thiazole rings is 1. The lowest BCUT2D eigenvalue weighted by Crippen LogP contribution is -2.23. The lowest BCUT2D eigenvalue weighted by atomic mass is 10.1. The Morgan fingerprint density at radius 2 is 1.92 bits per heavy atom. The van der Waals surface area contributed by atoms with Gasteiger partial charge in [0.25, 0.3) is 0 Å². The first-order chi connectivity index (χ1) is 10.6. The third kappa shape index (κ3) is 4.46. The van der Waals surface area contributed by atoms with Crippen LogP contribution >= 0.6 is 23.7 Å².